The lowest BCUT2D eigenvalue weighted by Crippen LogP contribution is -1.95. The maximum atomic E-state index is 5.54. The van der Waals surface area contributed by atoms with Gasteiger partial charge in [0, 0.05) is 18.1 Å². The summed E-state index contributed by atoms with van der Waals surface area (Å²) in [5.74, 6) is 0.817. The van der Waals surface area contributed by atoms with Gasteiger partial charge in [-0.25, -0.2) is 4.98 Å². The van der Waals surface area contributed by atoms with Crippen molar-refractivity contribution < 1.29 is 0 Å². The zero-order valence-electron chi connectivity index (χ0n) is 9.41. The highest BCUT2D eigenvalue weighted by Crippen LogP contribution is 2.04. The molecule has 0 aliphatic heterocycles. The second-order valence-electron chi connectivity index (χ2n) is 2.72. The number of aryl methyl sites for hydroxylation is 1. The summed E-state index contributed by atoms with van der Waals surface area (Å²) in [4.78, 5) is 4.23. The molecular weight excluding hydrogens is 174 g/mol. The van der Waals surface area contributed by atoms with Gasteiger partial charge in [0.1, 0.15) is 5.82 Å². The quantitative estimate of drug-likeness (QED) is 0.784. The Morgan fingerprint density at radius 3 is 2.57 bits per heavy atom. The first-order valence-electron chi connectivity index (χ1n) is 4.75. The minimum atomic E-state index is 0.746. The van der Waals surface area contributed by atoms with Crippen LogP contribution in [-0.2, 0) is 0 Å². The molecule has 0 saturated carbocycles. The van der Waals surface area contributed by atoms with Gasteiger partial charge in [-0.05, 0) is 19.9 Å². The molecule has 78 valence electrons. The van der Waals surface area contributed by atoms with E-state index in [0.717, 1.165) is 17.2 Å². The average molecular weight is 193 g/mol. The number of aromatic nitrogens is 2. The van der Waals surface area contributed by atoms with E-state index in [1.54, 1.807) is 6.08 Å². The van der Waals surface area contributed by atoms with E-state index >= 15 is 0 Å². The van der Waals surface area contributed by atoms with E-state index in [1.165, 1.54) is 0 Å². The van der Waals surface area contributed by atoms with Crippen molar-refractivity contribution in [2.24, 2.45) is 5.73 Å². The first kappa shape index (κ1) is 12.5. The molecule has 2 N–H and O–H groups in total. The topological polar surface area (TPSA) is 43.8 Å². The van der Waals surface area contributed by atoms with E-state index in [4.69, 9.17) is 5.73 Å². The summed E-state index contributed by atoms with van der Waals surface area (Å²) in [5, 5.41) is 0. The zero-order chi connectivity index (χ0) is 11.1. The first-order valence-corrected chi connectivity index (χ1v) is 4.75. The lowest BCUT2D eigenvalue weighted by Gasteiger charge is -1.96. The summed E-state index contributed by atoms with van der Waals surface area (Å²) >= 11 is 0. The van der Waals surface area contributed by atoms with Gasteiger partial charge in [-0.3, -0.25) is 0 Å². The van der Waals surface area contributed by atoms with Crippen molar-refractivity contribution in [3.8, 4) is 0 Å². The van der Waals surface area contributed by atoms with E-state index in [2.05, 4.69) is 11.6 Å². The Labute approximate surface area is 86.0 Å². The fraction of sp³-hybridized carbons (Fsp3) is 0.364. The minimum absolute atomic E-state index is 0.746. The zero-order valence-corrected chi connectivity index (χ0v) is 9.41. The van der Waals surface area contributed by atoms with Gasteiger partial charge in [-0.2, -0.15) is 0 Å². The second kappa shape index (κ2) is 6.02. The van der Waals surface area contributed by atoms with Crippen molar-refractivity contribution >= 4 is 12.3 Å². The largest absolute Gasteiger partial charge is 0.401 e. The Balaban J connectivity index is 0.000000791. The average Bonchev–Trinajstić information content (AvgIpc) is 2.48. The molecule has 3 nitrogen and oxygen atoms in total. The normalized spacial score (nSPS) is 10.4. The molecule has 0 aromatic carbocycles. The van der Waals surface area contributed by atoms with Crippen LogP contribution >= 0.6 is 0 Å². The molecular formula is C11H19N3. The lowest BCUT2D eigenvalue weighted by atomic mass is 10.5. The number of nitrogens with zero attached hydrogens (tertiary/aromatic N) is 2. The van der Waals surface area contributed by atoms with Crippen LogP contribution in [0.3, 0.4) is 0 Å². The van der Waals surface area contributed by atoms with Crippen molar-refractivity contribution in [1.29, 1.82) is 0 Å². The second-order valence-corrected chi connectivity index (χ2v) is 2.72. The van der Waals surface area contributed by atoms with E-state index in [-0.39, 0.29) is 0 Å². The van der Waals surface area contributed by atoms with E-state index < -0.39 is 0 Å². The van der Waals surface area contributed by atoms with Gasteiger partial charge in [0.25, 0.3) is 0 Å². The van der Waals surface area contributed by atoms with Crippen LogP contribution in [0.1, 0.15) is 32.3 Å². The highest BCUT2D eigenvalue weighted by Gasteiger charge is 1.97. The Morgan fingerprint density at radius 2 is 2.14 bits per heavy atom. The number of rotatable bonds is 2. The number of nitrogens with two attached hydrogens (primary N) is 1. The van der Waals surface area contributed by atoms with Crippen LogP contribution < -0.4 is 5.73 Å². The maximum Gasteiger partial charge on any atom is 0.136 e. The number of imidazole rings is 1. The van der Waals surface area contributed by atoms with Gasteiger partial charge in [0.15, 0.2) is 0 Å². The van der Waals surface area contributed by atoms with Crippen molar-refractivity contribution in [2.75, 3.05) is 0 Å². The van der Waals surface area contributed by atoms with Gasteiger partial charge in [0.2, 0.25) is 0 Å². The fourth-order valence-electron chi connectivity index (χ4n) is 1.01. The van der Waals surface area contributed by atoms with E-state index in [1.807, 2.05) is 44.7 Å². The predicted octanol–water partition coefficient (Wildman–Crippen LogP) is 2.64. The van der Waals surface area contributed by atoms with Gasteiger partial charge in [0.05, 0.1) is 5.69 Å². The molecule has 1 heterocycles. The summed E-state index contributed by atoms with van der Waals surface area (Å²) in [6.45, 7) is 11.4. The third-order valence-corrected chi connectivity index (χ3v) is 1.41. The van der Waals surface area contributed by atoms with Crippen molar-refractivity contribution in [3.05, 3.63) is 30.0 Å². The number of hydrogen-bond donors (Lipinski definition) is 1. The number of hydrogen-bond acceptors (Lipinski definition) is 2. The molecule has 1 aromatic heterocycles. The van der Waals surface area contributed by atoms with Crippen LogP contribution in [-0.4, -0.2) is 9.55 Å². The fourth-order valence-corrected chi connectivity index (χ4v) is 1.01. The van der Waals surface area contributed by atoms with Gasteiger partial charge < -0.3 is 10.3 Å². The molecule has 0 bridgehead atoms. The van der Waals surface area contributed by atoms with Crippen molar-refractivity contribution in [2.45, 2.75) is 27.7 Å². The first-order chi connectivity index (χ1) is 6.63. The summed E-state index contributed by atoms with van der Waals surface area (Å²) in [5.41, 5.74) is 7.24. The molecule has 0 radical (unpaired) electrons. The molecule has 0 spiro atoms. The monoisotopic (exact) mass is 193 g/mol. The highest BCUT2D eigenvalue weighted by molar-refractivity contribution is 5.44. The van der Waals surface area contributed by atoms with Crippen LogP contribution in [0.4, 0.5) is 0 Å². The summed E-state index contributed by atoms with van der Waals surface area (Å²) in [6.07, 6.45) is 5.43. The standard InChI is InChI=1S/C9H13N3.C2H6/c1-4-9-11-8(3)6-12(9)5-7(2)10;1-2/h4-6H,1,10H2,2-3H3;1-2H3/b7-5+;. The molecule has 0 saturated heterocycles. The summed E-state index contributed by atoms with van der Waals surface area (Å²) in [7, 11) is 0. The van der Waals surface area contributed by atoms with Gasteiger partial charge in [-0.1, -0.05) is 20.4 Å². The van der Waals surface area contributed by atoms with E-state index in [0.29, 0.717) is 0 Å². The van der Waals surface area contributed by atoms with Gasteiger partial charge in [-0.15, -0.1) is 0 Å². The molecule has 1 aromatic rings. The molecule has 0 amide bonds. The maximum absolute atomic E-state index is 5.54. The SMILES string of the molecule is C=Cc1nc(C)cn1/C=C(\C)N.CC. The van der Waals surface area contributed by atoms with Crippen LogP contribution in [0.15, 0.2) is 18.5 Å². The van der Waals surface area contributed by atoms with Gasteiger partial charge >= 0.3 is 0 Å². The van der Waals surface area contributed by atoms with Crippen LogP contribution in [0.5, 0.6) is 0 Å². The van der Waals surface area contributed by atoms with Crippen LogP contribution in [0, 0.1) is 6.92 Å². The Morgan fingerprint density at radius 1 is 1.57 bits per heavy atom. The minimum Gasteiger partial charge on any atom is -0.401 e. The highest BCUT2D eigenvalue weighted by atomic mass is 15.1. The van der Waals surface area contributed by atoms with Crippen molar-refractivity contribution in [1.82, 2.24) is 9.55 Å². The predicted molar refractivity (Wildman–Crippen MR) is 62.5 cm³/mol. The van der Waals surface area contributed by atoms with Crippen LogP contribution in [0.25, 0.3) is 12.3 Å². The third-order valence-electron chi connectivity index (χ3n) is 1.41. The Kier molecular flexibility index (Phi) is 5.37. The molecule has 0 unspecified atom stereocenters. The molecule has 0 fully saturated rings. The van der Waals surface area contributed by atoms with Crippen molar-refractivity contribution in [3.63, 3.8) is 0 Å². The third kappa shape index (κ3) is 3.47. The molecule has 1 rings (SSSR count). The summed E-state index contributed by atoms with van der Waals surface area (Å²) in [6, 6.07) is 0. The molecule has 0 aliphatic carbocycles. The number of allylic oxidation sites excluding steroid dienone is 1. The Bertz CT molecular complexity index is 317. The van der Waals surface area contributed by atoms with Crippen LogP contribution in [0.2, 0.25) is 0 Å². The molecule has 0 atom stereocenters. The summed E-state index contributed by atoms with van der Waals surface area (Å²) < 4.78 is 1.86. The lowest BCUT2D eigenvalue weighted by molar-refractivity contribution is 1.08. The Hall–Kier alpha value is -1.51. The molecule has 14 heavy (non-hydrogen) atoms. The molecule has 3 heteroatoms. The molecule has 0 aliphatic rings. The smallest absolute Gasteiger partial charge is 0.136 e. The van der Waals surface area contributed by atoms with E-state index in [9.17, 15) is 0 Å².